The quantitative estimate of drug-likeness (QED) is 0.554. The Morgan fingerprint density at radius 3 is 0.867 bits per heavy atom. The number of hydrogen-bond donors (Lipinski definition) is 0. The highest BCUT2D eigenvalue weighted by molar-refractivity contribution is 6.93. The van der Waals surface area contributed by atoms with E-state index in [0.717, 1.165) is 0 Å². The third-order valence-electron chi connectivity index (χ3n) is 4.42. The minimum atomic E-state index is -1.23. The molecular formula is C12H30NSi2. The average Bonchev–Trinajstić information content (AvgIpc) is 2.33. The maximum absolute atomic E-state index is 5.53. The van der Waals surface area contributed by atoms with Crippen molar-refractivity contribution in [2.45, 2.75) is 77.8 Å². The molecule has 0 spiro atoms. The molecule has 0 aliphatic heterocycles. The Bertz CT molecular complexity index is 128. The molecule has 0 aromatic heterocycles. The van der Waals surface area contributed by atoms with Gasteiger partial charge in [0.1, 0.15) is 16.5 Å². The summed E-state index contributed by atoms with van der Waals surface area (Å²) in [6, 6.07) is 8.14. The van der Waals surface area contributed by atoms with E-state index in [1.165, 1.54) is 36.3 Å². The summed E-state index contributed by atoms with van der Waals surface area (Å²) in [7, 11) is -2.46. The van der Waals surface area contributed by atoms with Crippen LogP contribution >= 0.6 is 0 Å². The zero-order valence-electron chi connectivity index (χ0n) is 11.7. The maximum atomic E-state index is 5.53. The van der Waals surface area contributed by atoms with Crippen molar-refractivity contribution in [3.63, 3.8) is 0 Å². The summed E-state index contributed by atoms with van der Waals surface area (Å²) < 4.78 is 5.53. The van der Waals surface area contributed by atoms with Crippen molar-refractivity contribution in [1.29, 1.82) is 0 Å². The Kier molecular flexibility index (Phi) is 7.05. The van der Waals surface area contributed by atoms with Crippen LogP contribution in [0.15, 0.2) is 0 Å². The van der Waals surface area contributed by atoms with Gasteiger partial charge in [-0.25, -0.2) is 0 Å². The van der Waals surface area contributed by atoms with Gasteiger partial charge in [0.25, 0.3) is 0 Å². The van der Waals surface area contributed by atoms with Gasteiger partial charge in [0.05, 0.1) is 0 Å². The van der Waals surface area contributed by atoms with E-state index in [0.29, 0.717) is 0 Å². The van der Waals surface area contributed by atoms with E-state index in [-0.39, 0.29) is 0 Å². The Balaban J connectivity index is 4.74. The first-order chi connectivity index (χ1) is 7.07. The average molecular weight is 245 g/mol. The third kappa shape index (κ3) is 3.72. The van der Waals surface area contributed by atoms with Gasteiger partial charge in [0.15, 0.2) is 0 Å². The smallest absolute Gasteiger partial charge is 0.134 e. The summed E-state index contributed by atoms with van der Waals surface area (Å²) in [4.78, 5) is 0. The van der Waals surface area contributed by atoms with Crippen LogP contribution in [-0.4, -0.2) is 16.5 Å². The van der Waals surface area contributed by atoms with Gasteiger partial charge in [0.2, 0.25) is 0 Å². The Hall–Kier alpha value is 0.394. The lowest BCUT2D eigenvalue weighted by Gasteiger charge is -2.39. The van der Waals surface area contributed by atoms with Gasteiger partial charge in [-0.2, -0.15) is 0 Å². The summed E-state index contributed by atoms with van der Waals surface area (Å²) in [6.07, 6.45) is 0. The van der Waals surface area contributed by atoms with Crippen molar-refractivity contribution in [2.24, 2.45) is 0 Å². The highest BCUT2D eigenvalue weighted by atomic mass is 28.4. The standard InChI is InChI=1S/C12H30NSi2/c1-7-14(8-2,9-3)13-15(10-4,11-5)12-6/h7-12H2,1-6H3. The summed E-state index contributed by atoms with van der Waals surface area (Å²) in [5.41, 5.74) is 0. The molecule has 0 fully saturated rings. The van der Waals surface area contributed by atoms with Crippen LogP contribution in [0.3, 0.4) is 0 Å². The van der Waals surface area contributed by atoms with Crippen LogP contribution in [-0.2, 0) is 0 Å². The van der Waals surface area contributed by atoms with Gasteiger partial charge >= 0.3 is 0 Å². The van der Waals surface area contributed by atoms with Gasteiger partial charge in [-0.3, -0.25) is 4.65 Å². The molecule has 0 saturated heterocycles. The number of rotatable bonds is 8. The van der Waals surface area contributed by atoms with Gasteiger partial charge in [-0.05, 0) is 36.3 Å². The third-order valence-corrected chi connectivity index (χ3v) is 16.1. The van der Waals surface area contributed by atoms with Crippen LogP contribution in [0.4, 0.5) is 0 Å². The molecule has 0 saturated carbocycles. The molecule has 0 rings (SSSR count). The van der Waals surface area contributed by atoms with E-state index >= 15 is 0 Å². The van der Waals surface area contributed by atoms with Crippen molar-refractivity contribution >= 4 is 16.5 Å². The van der Waals surface area contributed by atoms with Crippen molar-refractivity contribution in [1.82, 2.24) is 4.65 Å². The second kappa shape index (κ2) is 6.87. The molecule has 0 N–H and O–H groups in total. The molecule has 15 heavy (non-hydrogen) atoms. The molecule has 0 aromatic carbocycles. The minimum absolute atomic E-state index is 1.23. The normalized spacial score (nSPS) is 13.2. The molecule has 91 valence electrons. The molecule has 1 radical (unpaired) electrons. The fraction of sp³-hybridized carbons (Fsp3) is 1.00. The van der Waals surface area contributed by atoms with Crippen LogP contribution in [0, 0.1) is 0 Å². The minimum Gasteiger partial charge on any atom is -0.294 e. The predicted molar refractivity (Wildman–Crippen MR) is 76.5 cm³/mol. The van der Waals surface area contributed by atoms with Crippen molar-refractivity contribution in [3.8, 4) is 0 Å². The van der Waals surface area contributed by atoms with Gasteiger partial charge in [0, 0.05) is 0 Å². The van der Waals surface area contributed by atoms with Crippen molar-refractivity contribution < 1.29 is 0 Å². The Labute approximate surface area is 99.2 Å². The molecule has 0 aliphatic carbocycles. The molecule has 0 aliphatic rings. The van der Waals surface area contributed by atoms with Crippen LogP contribution in [0.25, 0.3) is 0 Å². The Morgan fingerprint density at radius 1 is 0.533 bits per heavy atom. The summed E-state index contributed by atoms with van der Waals surface area (Å²) >= 11 is 0. The molecular weight excluding hydrogens is 214 g/mol. The van der Waals surface area contributed by atoms with Crippen molar-refractivity contribution in [3.05, 3.63) is 0 Å². The SMILES string of the molecule is CC[Si](CC)(CC)[N][Si](CC)(CC)CC. The number of nitrogens with zero attached hydrogens (tertiary/aromatic N) is 1. The summed E-state index contributed by atoms with van der Waals surface area (Å²) in [5, 5.41) is 0. The van der Waals surface area contributed by atoms with Crippen LogP contribution in [0.1, 0.15) is 41.5 Å². The second-order valence-electron chi connectivity index (χ2n) is 4.68. The molecule has 0 aromatic rings. The lowest BCUT2D eigenvalue weighted by molar-refractivity contribution is 1.01. The molecule has 1 nitrogen and oxygen atoms in total. The highest BCUT2D eigenvalue weighted by Crippen LogP contribution is 2.27. The lowest BCUT2D eigenvalue weighted by atomic mass is 10.9. The predicted octanol–water partition coefficient (Wildman–Crippen LogP) is 4.60. The first kappa shape index (κ1) is 15.4. The lowest BCUT2D eigenvalue weighted by Crippen LogP contribution is -2.57. The molecule has 0 bridgehead atoms. The zero-order valence-corrected chi connectivity index (χ0v) is 13.7. The van der Waals surface area contributed by atoms with Gasteiger partial charge in [-0.1, -0.05) is 41.5 Å². The fourth-order valence-electron chi connectivity index (χ4n) is 2.48. The van der Waals surface area contributed by atoms with Crippen LogP contribution in [0.5, 0.6) is 0 Å². The Morgan fingerprint density at radius 2 is 0.733 bits per heavy atom. The summed E-state index contributed by atoms with van der Waals surface area (Å²) in [5.74, 6) is 0. The molecule has 0 amide bonds. The molecule has 0 heterocycles. The van der Waals surface area contributed by atoms with Crippen molar-refractivity contribution in [2.75, 3.05) is 0 Å². The first-order valence-electron chi connectivity index (χ1n) is 6.81. The monoisotopic (exact) mass is 244 g/mol. The topological polar surface area (TPSA) is 14.1 Å². The first-order valence-corrected chi connectivity index (χ1v) is 11.9. The van der Waals surface area contributed by atoms with Crippen LogP contribution < -0.4 is 4.65 Å². The zero-order chi connectivity index (χ0) is 11.9. The van der Waals surface area contributed by atoms with E-state index in [9.17, 15) is 0 Å². The van der Waals surface area contributed by atoms with Crippen LogP contribution in [0.2, 0.25) is 36.3 Å². The van der Waals surface area contributed by atoms with E-state index < -0.39 is 16.5 Å². The maximum Gasteiger partial charge on any atom is 0.134 e. The molecule has 3 heteroatoms. The van der Waals surface area contributed by atoms with E-state index in [4.69, 9.17) is 4.65 Å². The van der Waals surface area contributed by atoms with E-state index in [1.54, 1.807) is 0 Å². The molecule has 0 atom stereocenters. The second-order valence-corrected chi connectivity index (χ2v) is 14.7. The highest BCUT2D eigenvalue weighted by Gasteiger charge is 2.38. The summed E-state index contributed by atoms with van der Waals surface area (Å²) in [6.45, 7) is 14.2. The van der Waals surface area contributed by atoms with E-state index in [1.807, 2.05) is 0 Å². The van der Waals surface area contributed by atoms with Gasteiger partial charge in [-0.15, -0.1) is 0 Å². The van der Waals surface area contributed by atoms with Gasteiger partial charge < -0.3 is 0 Å². The number of hydrogen-bond acceptors (Lipinski definition) is 0. The molecule has 0 unspecified atom stereocenters. The van der Waals surface area contributed by atoms with E-state index in [2.05, 4.69) is 41.5 Å². The largest absolute Gasteiger partial charge is 0.294 e. The fourth-order valence-corrected chi connectivity index (χ4v) is 13.3.